The van der Waals surface area contributed by atoms with Crippen molar-refractivity contribution in [2.75, 3.05) is 7.05 Å². The number of likely N-dealkylation sites (N-methyl/N-ethyl adjacent to an activating group) is 1. The van der Waals surface area contributed by atoms with Crippen molar-refractivity contribution in [2.45, 2.75) is 18.1 Å². The van der Waals surface area contributed by atoms with Crippen molar-refractivity contribution in [3.05, 3.63) is 45.2 Å². The van der Waals surface area contributed by atoms with Gasteiger partial charge in [0.25, 0.3) is 0 Å². The van der Waals surface area contributed by atoms with E-state index in [0.29, 0.717) is 0 Å². The molecule has 78 valence electrons. The molecule has 0 amide bonds. The van der Waals surface area contributed by atoms with Gasteiger partial charge in [-0.25, -0.2) is 0 Å². The van der Waals surface area contributed by atoms with Crippen molar-refractivity contribution >= 4 is 0 Å². The lowest BCUT2D eigenvalue weighted by Crippen LogP contribution is -2.25. The largest absolute Gasteiger partial charge is 0.311 e. The topological polar surface area (TPSA) is 70.9 Å². The predicted octanol–water partition coefficient (Wildman–Crippen LogP) is 1.90. The minimum absolute atomic E-state index is 0.207. The molecule has 15 heavy (non-hydrogen) atoms. The Morgan fingerprint density at radius 1 is 1.13 bits per heavy atom. The number of benzene rings is 1. The van der Waals surface area contributed by atoms with Gasteiger partial charge in [0.05, 0.1) is 6.04 Å². The highest BCUT2D eigenvalue weighted by molar-refractivity contribution is 5.40. The molecule has 0 saturated carbocycles. The summed E-state index contributed by atoms with van der Waals surface area (Å²) in [7, 11) is 1.74. The summed E-state index contributed by atoms with van der Waals surface area (Å²) in [4.78, 5) is 21.4. The normalized spacial score (nSPS) is 28.5. The van der Waals surface area contributed by atoms with Crippen LogP contribution in [0.1, 0.15) is 23.2 Å². The fourth-order valence-electron chi connectivity index (χ4n) is 2.18. The monoisotopic (exact) mass is 205 g/mol. The van der Waals surface area contributed by atoms with E-state index in [1.165, 1.54) is 0 Å². The van der Waals surface area contributed by atoms with Gasteiger partial charge in [0.15, 0.2) is 0 Å². The van der Waals surface area contributed by atoms with Gasteiger partial charge in [-0.15, -0.1) is 0 Å². The van der Waals surface area contributed by atoms with Crippen LogP contribution in [0.25, 0.3) is 0 Å². The summed E-state index contributed by atoms with van der Waals surface area (Å²) in [5, 5.41) is 8.99. The van der Waals surface area contributed by atoms with Crippen LogP contribution in [-0.4, -0.2) is 13.1 Å². The SMILES string of the molecule is CN[C@@H]1c2ccccc2C(N=O)[C@@H]1N=O. The molecule has 5 nitrogen and oxygen atoms in total. The van der Waals surface area contributed by atoms with Crippen molar-refractivity contribution < 1.29 is 0 Å². The lowest BCUT2D eigenvalue weighted by molar-refractivity contribution is 0.459. The van der Waals surface area contributed by atoms with E-state index in [2.05, 4.69) is 15.7 Å². The van der Waals surface area contributed by atoms with E-state index < -0.39 is 12.1 Å². The molecule has 0 heterocycles. The Hall–Kier alpha value is -1.62. The summed E-state index contributed by atoms with van der Waals surface area (Å²) in [5.41, 5.74) is 1.74. The lowest BCUT2D eigenvalue weighted by atomic mass is 10.1. The second-order valence-corrected chi connectivity index (χ2v) is 3.54. The summed E-state index contributed by atoms with van der Waals surface area (Å²) in [6, 6.07) is 5.91. The fraction of sp³-hybridized carbons (Fsp3) is 0.400. The van der Waals surface area contributed by atoms with Gasteiger partial charge < -0.3 is 5.32 Å². The van der Waals surface area contributed by atoms with Crippen LogP contribution in [0.4, 0.5) is 0 Å². The molecule has 0 bridgehead atoms. The Morgan fingerprint density at radius 2 is 1.80 bits per heavy atom. The number of nitrogens with one attached hydrogen (secondary N) is 1. The van der Waals surface area contributed by atoms with E-state index in [9.17, 15) is 9.81 Å². The molecule has 1 aromatic carbocycles. The number of nitrogens with zero attached hydrogens (tertiary/aromatic N) is 2. The predicted molar refractivity (Wildman–Crippen MR) is 56.4 cm³/mol. The third-order valence-corrected chi connectivity index (χ3v) is 2.86. The lowest BCUT2D eigenvalue weighted by Gasteiger charge is -2.13. The van der Waals surface area contributed by atoms with Gasteiger partial charge in [0.2, 0.25) is 0 Å². The first-order chi connectivity index (χ1) is 7.33. The Labute approximate surface area is 86.8 Å². The van der Waals surface area contributed by atoms with E-state index in [1.54, 1.807) is 7.05 Å². The Kier molecular flexibility index (Phi) is 2.55. The van der Waals surface area contributed by atoms with E-state index in [1.807, 2.05) is 24.3 Å². The number of hydrogen-bond acceptors (Lipinski definition) is 5. The number of nitroso groups, excluding NO2 is 2. The van der Waals surface area contributed by atoms with Crippen molar-refractivity contribution in [1.82, 2.24) is 5.32 Å². The molecule has 0 radical (unpaired) electrons. The second kappa shape index (κ2) is 3.86. The van der Waals surface area contributed by atoms with E-state index in [-0.39, 0.29) is 6.04 Å². The van der Waals surface area contributed by atoms with Crippen molar-refractivity contribution in [3.8, 4) is 0 Å². The van der Waals surface area contributed by atoms with Gasteiger partial charge in [-0.05, 0) is 18.2 Å². The first kappa shape index (κ1) is 9.92. The second-order valence-electron chi connectivity index (χ2n) is 3.54. The minimum atomic E-state index is -0.656. The molecule has 0 aliphatic heterocycles. The zero-order valence-corrected chi connectivity index (χ0v) is 8.25. The summed E-state index contributed by atoms with van der Waals surface area (Å²) in [5.74, 6) is 0. The molecule has 5 heteroatoms. The minimum Gasteiger partial charge on any atom is -0.311 e. The molecule has 1 N–H and O–H groups in total. The molecule has 2 rings (SSSR count). The molecule has 0 aromatic heterocycles. The van der Waals surface area contributed by atoms with Gasteiger partial charge >= 0.3 is 0 Å². The van der Waals surface area contributed by atoms with Crippen LogP contribution in [0, 0.1) is 9.81 Å². The van der Waals surface area contributed by atoms with Gasteiger partial charge in [0, 0.05) is 0 Å². The molecular formula is C10H11N3O2. The molecule has 1 aliphatic carbocycles. The average Bonchev–Trinajstić information content (AvgIpc) is 2.61. The molecule has 0 saturated heterocycles. The van der Waals surface area contributed by atoms with Crippen LogP contribution in [-0.2, 0) is 0 Å². The highest BCUT2D eigenvalue weighted by Gasteiger charge is 2.42. The third-order valence-electron chi connectivity index (χ3n) is 2.86. The number of hydrogen-bond donors (Lipinski definition) is 1. The van der Waals surface area contributed by atoms with Crippen molar-refractivity contribution in [3.63, 3.8) is 0 Å². The van der Waals surface area contributed by atoms with Crippen LogP contribution in [0.15, 0.2) is 34.6 Å². The van der Waals surface area contributed by atoms with E-state index in [0.717, 1.165) is 11.1 Å². The quantitative estimate of drug-likeness (QED) is 0.766. The van der Waals surface area contributed by atoms with Crippen molar-refractivity contribution in [1.29, 1.82) is 0 Å². The zero-order chi connectivity index (χ0) is 10.8. The molecule has 1 aromatic rings. The third kappa shape index (κ3) is 1.35. The van der Waals surface area contributed by atoms with Gasteiger partial charge in [-0.2, -0.15) is 9.81 Å². The standard InChI is InChI=1S/C10H11N3O2/c1-11-8-6-4-2-3-5-7(6)9(12-14)10(8)13-15/h2-5,8-11H,1H3/t8-,9?,10-/m1/s1. The van der Waals surface area contributed by atoms with Gasteiger partial charge in [-0.3, -0.25) is 0 Å². The number of fused-ring (bicyclic) bond motifs is 1. The van der Waals surface area contributed by atoms with Crippen LogP contribution in [0.5, 0.6) is 0 Å². The molecule has 0 spiro atoms. The summed E-state index contributed by atoms with van der Waals surface area (Å²) in [6.45, 7) is 0. The van der Waals surface area contributed by atoms with Gasteiger partial charge in [0.1, 0.15) is 12.1 Å². The van der Waals surface area contributed by atoms with Crippen LogP contribution < -0.4 is 5.32 Å². The molecule has 1 aliphatic rings. The van der Waals surface area contributed by atoms with Crippen LogP contribution in [0.3, 0.4) is 0 Å². The highest BCUT2D eigenvalue weighted by atomic mass is 16.3. The van der Waals surface area contributed by atoms with E-state index >= 15 is 0 Å². The fourth-order valence-corrected chi connectivity index (χ4v) is 2.18. The smallest absolute Gasteiger partial charge is 0.145 e. The van der Waals surface area contributed by atoms with Crippen LogP contribution >= 0.6 is 0 Å². The maximum Gasteiger partial charge on any atom is 0.145 e. The Bertz CT molecular complexity index is 394. The molecule has 1 unspecified atom stereocenters. The molecule has 0 fully saturated rings. The van der Waals surface area contributed by atoms with Crippen LogP contribution in [0.2, 0.25) is 0 Å². The first-order valence-electron chi connectivity index (χ1n) is 4.74. The maximum atomic E-state index is 10.7. The zero-order valence-electron chi connectivity index (χ0n) is 8.25. The average molecular weight is 205 g/mol. The number of rotatable bonds is 3. The maximum absolute atomic E-state index is 10.7. The summed E-state index contributed by atoms with van der Waals surface area (Å²) >= 11 is 0. The van der Waals surface area contributed by atoms with E-state index in [4.69, 9.17) is 0 Å². The Balaban J connectivity index is 2.52. The molecular weight excluding hydrogens is 194 g/mol. The van der Waals surface area contributed by atoms with Crippen molar-refractivity contribution in [2.24, 2.45) is 10.4 Å². The molecule has 3 atom stereocenters. The summed E-state index contributed by atoms with van der Waals surface area (Å²) < 4.78 is 0. The summed E-state index contributed by atoms with van der Waals surface area (Å²) in [6.07, 6.45) is 0. The van der Waals surface area contributed by atoms with Gasteiger partial charge in [-0.1, -0.05) is 34.6 Å². The highest BCUT2D eigenvalue weighted by Crippen LogP contribution is 2.42. The first-order valence-corrected chi connectivity index (χ1v) is 4.74. The Morgan fingerprint density at radius 3 is 2.33 bits per heavy atom.